The molecule has 0 saturated heterocycles. The molecule has 7 nitrogen and oxygen atoms in total. The highest BCUT2D eigenvalue weighted by atomic mass is 19.1. The average molecular weight is 331 g/mol. The van der Waals surface area contributed by atoms with Crippen molar-refractivity contribution >= 4 is 17.6 Å². The van der Waals surface area contributed by atoms with Gasteiger partial charge in [-0.1, -0.05) is 12.1 Å². The van der Waals surface area contributed by atoms with E-state index in [-0.39, 0.29) is 17.9 Å². The van der Waals surface area contributed by atoms with Crippen molar-refractivity contribution in [1.82, 2.24) is 5.73 Å². The Morgan fingerprint density at radius 1 is 1.12 bits per heavy atom. The molecule has 0 bridgehead atoms. The number of esters is 1. The number of benzene rings is 2. The van der Waals surface area contributed by atoms with Crippen molar-refractivity contribution in [2.45, 2.75) is 12.5 Å². The maximum absolute atomic E-state index is 12.9. The molecule has 0 fully saturated rings. The molecule has 1 radical (unpaired) electrons. The van der Waals surface area contributed by atoms with Gasteiger partial charge in [-0.15, -0.1) is 0 Å². The second-order valence-electron chi connectivity index (χ2n) is 4.88. The normalized spacial score (nSPS) is 11.5. The van der Waals surface area contributed by atoms with E-state index in [0.717, 1.165) is 12.1 Å². The molecule has 2 aromatic carbocycles. The van der Waals surface area contributed by atoms with Crippen LogP contribution >= 0.6 is 0 Å². The van der Waals surface area contributed by atoms with Gasteiger partial charge in [0.15, 0.2) is 5.92 Å². The van der Waals surface area contributed by atoms with Crippen LogP contribution in [0.5, 0.6) is 0 Å². The van der Waals surface area contributed by atoms with Gasteiger partial charge in [-0.25, -0.2) is 4.39 Å². The Labute approximate surface area is 136 Å². The summed E-state index contributed by atoms with van der Waals surface area (Å²) in [5.41, 5.74) is 7.75. The summed E-state index contributed by atoms with van der Waals surface area (Å²) in [5.74, 6) is -4.12. The van der Waals surface area contributed by atoms with Crippen LogP contribution in [0.1, 0.15) is 17.0 Å². The van der Waals surface area contributed by atoms with Gasteiger partial charge in [0.1, 0.15) is 12.4 Å². The standard InChI is InChI=1S/C16H12FN2O5/c17-12-5-3-11(4-6-12)14(15(18)20)16(21)24-9-10-1-7-13(8-2-10)19(22)23/h1-8,14,18H,9H2. The van der Waals surface area contributed by atoms with E-state index in [1.807, 2.05) is 0 Å². The minimum atomic E-state index is -1.47. The van der Waals surface area contributed by atoms with Crippen LogP contribution in [0.25, 0.3) is 0 Å². The number of hydrogen-bond donors (Lipinski definition) is 0. The number of nitrogens with zero attached hydrogens (tertiary/aromatic N) is 1. The zero-order valence-electron chi connectivity index (χ0n) is 12.3. The van der Waals surface area contributed by atoms with Crippen LogP contribution in [0.4, 0.5) is 10.1 Å². The van der Waals surface area contributed by atoms with Crippen molar-refractivity contribution < 1.29 is 23.6 Å². The summed E-state index contributed by atoms with van der Waals surface area (Å²) in [7, 11) is 0. The number of nitro benzene ring substituents is 1. The Bertz CT molecular complexity index is 759. The van der Waals surface area contributed by atoms with Crippen molar-refractivity contribution in [3.63, 3.8) is 0 Å². The Morgan fingerprint density at radius 3 is 2.21 bits per heavy atom. The van der Waals surface area contributed by atoms with Crippen LogP contribution in [-0.2, 0) is 20.9 Å². The molecule has 0 heterocycles. The van der Waals surface area contributed by atoms with Crippen LogP contribution in [0.2, 0.25) is 0 Å². The number of nitrogens with one attached hydrogen (secondary N) is 1. The molecule has 1 unspecified atom stereocenters. The highest BCUT2D eigenvalue weighted by molar-refractivity contribution is 6.02. The highest BCUT2D eigenvalue weighted by Crippen LogP contribution is 2.20. The highest BCUT2D eigenvalue weighted by Gasteiger charge is 2.28. The minimum absolute atomic E-state index is 0.101. The molecule has 0 aliphatic heterocycles. The summed E-state index contributed by atoms with van der Waals surface area (Å²) >= 11 is 0. The zero-order chi connectivity index (χ0) is 17.7. The van der Waals surface area contributed by atoms with Gasteiger partial charge in [0, 0.05) is 12.1 Å². The number of nitro groups is 1. The van der Waals surface area contributed by atoms with E-state index in [9.17, 15) is 24.1 Å². The van der Waals surface area contributed by atoms with Gasteiger partial charge in [0.2, 0.25) is 0 Å². The molecule has 2 rings (SSSR count). The van der Waals surface area contributed by atoms with E-state index in [0.29, 0.717) is 5.56 Å². The lowest BCUT2D eigenvalue weighted by Crippen LogP contribution is -2.24. The van der Waals surface area contributed by atoms with Crippen molar-refractivity contribution in [2.75, 3.05) is 0 Å². The quantitative estimate of drug-likeness (QED) is 0.349. The molecule has 0 aromatic heterocycles. The molecule has 24 heavy (non-hydrogen) atoms. The van der Waals surface area contributed by atoms with Gasteiger partial charge in [0.25, 0.3) is 11.6 Å². The lowest BCUT2D eigenvalue weighted by molar-refractivity contribution is -0.384. The fourth-order valence-corrected chi connectivity index (χ4v) is 2.00. The Hall–Kier alpha value is -3.29. The van der Waals surface area contributed by atoms with Crippen molar-refractivity contribution in [2.24, 2.45) is 0 Å². The fraction of sp³-hybridized carbons (Fsp3) is 0.125. The summed E-state index contributed by atoms with van der Waals surface area (Å²) in [6.07, 6.45) is 0. The molecule has 0 saturated carbocycles. The first-order valence-electron chi connectivity index (χ1n) is 6.79. The third-order valence-electron chi connectivity index (χ3n) is 3.23. The maximum Gasteiger partial charge on any atom is 0.323 e. The largest absolute Gasteiger partial charge is 0.460 e. The molecule has 1 N–H and O–H groups in total. The number of amides is 1. The lowest BCUT2D eigenvalue weighted by atomic mass is 9.98. The van der Waals surface area contributed by atoms with Crippen molar-refractivity contribution in [3.05, 3.63) is 75.6 Å². The molecule has 1 atom stereocenters. The van der Waals surface area contributed by atoms with Gasteiger partial charge in [-0.3, -0.25) is 25.4 Å². The second-order valence-corrected chi connectivity index (χ2v) is 4.88. The molecule has 2 aromatic rings. The van der Waals surface area contributed by atoms with Crippen molar-refractivity contribution in [3.8, 4) is 0 Å². The number of hydrogen-bond acceptors (Lipinski definition) is 5. The first-order chi connectivity index (χ1) is 11.4. The van der Waals surface area contributed by atoms with Crippen LogP contribution in [0, 0.1) is 15.9 Å². The maximum atomic E-state index is 12.9. The number of carbonyl (C=O) groups is 2. The minimum Gasteiger partial charge on any atom is -0.460 e. The topological polar surface area (TPSA) is 110 Å². The van der Waals surface area contributed by atoms with Gasteiger partial charge in [-0.05, 0) is 35.4 Å². The number of non-ortho nitro benzene ring substituents is 1. The Balaban J connectivity index is 2.07. The Kier molecular flexibility index (Phi) is 5.20. The molecule has 123 valence electrons. The second kappa shape index (κ2) is 7.32. The third kappa shape index (κ3) is 4.13. The summed E-state index contributed by atoms with van der Waals surface area (Å²) < 4.78 is 17.9. The molecular weight excluding hydrogens is 319 g/mol. The number of halogens is 1. The van der Waals surface area contributed by atoms with Crippen LogP contribution < -0.4 is 5.73 Å². The number of rotatable bonds is 6. The average Bonchev–Trinajstić information content (AvgIpc) is 2.55. The Morgan fingerprint density at radius 2 is 1.71 bits per heavy atom. The van der Waals surface area contributed by atoms with Gasteiger partial charge in [0.05, 0.1) is 4.92 Å². The SMILES string of the molecule is [NH]C(=O)C(C(=O)OCc1ccc([N+](=O)[O-])cc1)c1ccc(F)cc1. The number of carbonyl (C=O) groups excluding carboxylic acids is 2. The molecule has 1 amide bonds. The molecule has 0 aliphatic rings. The predicted octanol–water partition coefficient (Wildman–Crippen LogP) is 2.37. The van der Waals surface area contributed by atoms with E-state index in [2.05, 4.69) is 0 Å². The first-order valence-corrected chi connectivity index (χ1v) is 6.79. The van der Waals surface area contributed by atoms with Crippen LogP contribution in [0.15, 0.2) is 48.5 Å². The van der Waals surface area contributed by atoms with E-state index >= 15 is 0 Å². The van der Waals surface area contributed by atoms with Crippen LogP contribution in [0.3, 0.4) is 0 Å². The van der Waals surface area contributed by atoms with Gasteiger partial charge < -0.3 is 4.74 Å². The van der Waals surface area contributed by atoms with E-state index in [4.69, 9.17) is 10.5 Å². The lowest BCUT2D eigenvalue weighted by Gasteiger charge is -2.13. The van der Waals surface area contributed by atoms with E-state index < -0.39 is 28.5 Å². The predicted molar refractivity (Wildman–Crippen MR) is 80.1 cm³/mol. The van der Waals surface area contributed by atoms with Crippen molar-refractivity contribution in [1.29, 1.82) is 0 Å². The fourth-order valence-electron chi connectivity index (χ4n) is 2.00. The summed E-state index contributed by atoms with van der Waals surface area (Å²) in [6.45, 7) is -0.207. The van der Waals surface area contributed by atoms with E-state index in [1.54, 1.807) is 0 Å². The van der Waals surface area contributed by atoms with Crippen LogP contribution in [-0.4, -0.2) is 16.8 Å². The van der Waals surface area contributed by atoms with Gasteiger partial charge in [-0.2, -0.15) is 0 Å². The zero-order valence-corrected chi connectivity index (χ0v) is 12.3. The monoisotopic (exact) mass is 331 g/mol. The third-order valence-corrected chi connectivity index (χ3v) is 3.23. The molecule has 0 spiro atoms. The van der Waals surface area contributed by atoms with E-state index in [1.165, 1.54) is 36.4 Å². The molecule has 8 heteroatoms. The molecular formula is C16H12FN2O5. The first kappa shape index (κ1) is 17.1. The summed E-state index contributed by atoms with van der Waals surface area (Å²) in [6, 6.07) is 9.98. The summed E-state index contributed by atoms with van der Waals surface area (Å²) in [4.78, 5) is 33.5. The smallest absolute Gasteiger partial charge is 0.323 e. The summed E-state index contributed by atoms with van der Waals surface area (Å²) in [5, 5.41) is 10.6. The molecule has 0 aliphatic carbocycles. The number of ether oxygens (including phenoxy) is 1. The van der Waals surface area contributed by atoms with Gasteiger partial charge >= 0.3 is 5.97 Å².